The van der Waals surface area contributed by atoms with Crippen LogP contribution in [0, 0.1) is 5.21 Å². The number of hydrogen-bond donors (Lipinski definition) is 0. The van der Waals surface area contributed by atoms with Crippen molar-refractivity contribution in [2.24, 2.45) is 0 Å². The fraction of sp³-hybridized carbons (Fsp3) is 0. The van der Waals surface area contributed by atoms with Gasteiger partial charge in [-0.15, -0.1) is 0 Å². The molecule has 0 radical (unpaired) electrons. The zero-order valence-corrected chi connectivity index (χ0v) is 11.7. The fourth-order valence-corrected chi connectivity index (χ4v) is 2.92. The van der Waals surface area contributed by atoms with Crippen LogP contribution in [-0.4, -0.2) is 14.5 Å². The lowest BCUT2D eigenvalue weighted by Crippen LogP contribution is -2.24. The van der Waals surface area contributed by atoms with Gasteiger partial charge in [0.15, 0.2) is 5.69 Å². The molecule has 3 heterocycles. The van der Waals surface area contributed by atoms with E-state index >= 15 is 0 Å². The van der Waals surface area contributed by atoms with E-state index in [1.807, 2.05) is 29.9 Å². The van der Waals surface area contributed by atoms with E-state index in [0.29, 0.717) is 4.73 Å². The highest BCUT2D eigenvalue weighted by molar-refractivity contribution is 7.08. The third-order valence-electron chi connectivity index (χ3n) is 3.32. The number of rotatable bonds is 2. The Labute approximate surface area is 124 Å². The molecule has 3 aromatic heterocycles. The van der Waals surface area contributed by atoms with E-state index in [4.69, 9.17) is 0 Å². The summed E-state index contributed by atoms with van der Waals surface area (Å²) in [6, 6.07) is 9.75. The lowest BCUT2D eigenvalue weighted by Gasteiger charge is -2.02. The molecule has 21 heavy (non-hydrogen) atoms. The van der Waals surface area contributed by atoms with Gasteiger partial charge in [0.1, 0.15) is 6.33 Å². The minimum absolute atomic E-state index is 0.674. The molecule has 4 aromatic rings. The molecule has 0 unspecified atom stereocenters. The van der Waals surface area contributed by atoms with Crippen LogP contribution >= 0.6 is 11.3 Å². The van der Waals surface area contributed by atoms with E-state index in [2.05, 4.69) is 26.0 Å². The maximum atomic E-state index is 11.0. The van der Waals surface area contributed by atoms with Crippen molar-refractivity contribution in [2.75, 3.05) is 0 Å². The van der Waals surface area contributed by atoms with E-state index < -0.39 is 0 Å². The summed E-state index contributed by atoms with van der Waals surface area (Å²) in [5.74, 6) is 0. The molecular formula is C15H10N4OS. The lowest BCUT2D eigenvalue weighted by atomic mass is 10.1. The summed E-state index contributed by atoms with van der Waals surface area (Å²) in [6.07, 6.45) is 4.51. The summed E-state index contributed by atoms with van der Waals surface area (Å²) in [6.45, 7) is 0. The maximum Gasteiger partial charge on any atom is 0.289 e. The van der Waals surface area contributed by atoms with Crippen molar-refractivity contribution in [3.8, 4) is 16.9 Å². The Morgan fingerprint density at radius 3 is 2.86 bits per heavy atom. The normalized spacial score (nSPS) is 11.0. The van der Waals surface area contributed by atoms with Gasteiger partial charge in [-0.3, -0.25) is 4.57 Å². The number of hydrogen-bond acceptors (Lipinski definition) is 4. The first kappa shape index (κ1) is 12.0. The predicted molar refractivity (Wildman–Crippen MR) is 81.1 cm³/mol. The van der Waals surface area contributed by atoms with E-state index in [9.17, 15) is 5.21 Å². The molecule has 1 aromatic carbocycles. The molecule has 0 atom stereocenters. The molecule has 0 saturated heterocycles. The number of aromatic nitrogens is 4. The fourth-order valence-electron chi connectivity index (χ4n) is 2.29. The molecule has 5 nitrogen and oxygen atoms in total. The maximum absolute atomic E-state index is 11.0. The van der Waals surface area contributed by atoms with Crippen LogP contribution in [0.15, 0.2) is 59.9 Å². The minimum atomic E-state index is 0.674. The van der Waals surface area contributed by atoms with E-state index in [-0.39, 0.29) is 0 Å². The summed E-state index contributed by atoms with van der Waals surface area (Å²) < 4.78 is 2.73. The molecule has 0 aliphatic rings. The average molecular weight is 294 g/mol. The third-order valence-corrected chi connectivity index (χ3v) is 3.99. The van der Waals surface area contributed by atoms with Crippen molar-refractivity contribution in [1.82, 2.24) is 14.5 Å². The van der Waals surface area contributed by atoms with Gasteiger partial charge >= 0.3 is 0 Å². The predicted octanol–water partition coefficient (Wildman–Crippen LogP) is 2.78. The van der Waals surface area contributed by atoms with Gasteiger partial charge in [-0.25, -0.2) is 9.71 Å². The summed E-state index contributed by atoms with van der Waals surface area (Å²) in [4.78, 5) is 8.58. The van der Waals surface area contributed by atoms with Crippen LogP contribution < -0.4 is 4.73 Å². The number of imidazole rings is 1. The largest absolute Gasteiger partial charge is 0.711 e. The van der Waals surface area contributed by atoms with Crippen LogP contribution in [0.4, 0.5) is 0 Å². The van der Waals surface area contributed by atoms with E-state index in [1.54, 1.807) is 17.4 Å². The second-order valence-corrected chi connectivity index (χ2v) is 5.39. The van der Waals surface area contributed by atoms with Crippen molar-refractivity contribution < 1.29 is 4.73 Å². The number of nitrogens with zero attached hydrogens (tertiary/aromatic N) is 4. The molecule has 102 valence electrons. The smallest absolute Gasteiger partial charge is 0.289 e. The highest BCUT2D eigenvalue weighted by atomic mass is 32.1. The zero-order valence-electron chi connectivity index (χ0n) is 10.9. The van der Waals surface area contributed by atoms with Crippen LogP contribution in [0.3, 0.4) is 0 Å². The van der Waals surface area contributed by atoms with Gasteiger partial charge in [0.05, 0.1) is 22.9 Å². The van der Waals surface area contributed by atoms with Gasteiger partial charge < -0.3 is 5.21 Å². The monoisotopic (exact) mass is 294 g/mol. The number of fused-ring (bicyclic) bond motifs is 1. The summed E-state index contributed by atoms with van der Waals surface area (Å²) in [5.41, 5.74) is 4.76. The highest BCUT2D eigenvalue weighted by Crippen LogP contribution is 2.24. The third kappa shape index (κ3) is 2.05. The molecule has 0 aliphatic heterocycles. The van der Waals surface area contributed by atoms with Crippen molar-refractivity contribution >= 4 is 22.4 Å². The standard InChI is InChI=1S/C15H10N4OS/c20-18-5-3-13(16-9-18)11-1-2-15-14(7-11)17-10-19(15)12-4-6-21-8-12/h1-10H. The number of benzene rings is 1. The molecule has 0 fully saturated rings. The highest BCUT2D eigenvalue weighted by Gasteiger charge is 2.09. The lowest BCUT2D eigenvalue weighted by molar-refractivity contribution is -0.608. The average Bonchev–Trinajstić information content (AvgIpc) is 3.16. The Balaban J connectivity index is 1.83. The Morgan fingerprint density at radius 2 is 2.10 bits per heavy atom. The molecule has 0 amide bonds. The van der Waals surface area contributed by atoms with Crippen molar-refractivity contribution in [3.63, 3.8) is 0 Å². The molecule has 0 spiro atoms. The van der Waals surface area contributed by atoms with Gasteiger partial charge in [0.2, 0.25) is 0 Å². The molecule has 4 rings (SSSR count). The first-order valence-electron chi connectivity index (χ1n) is 6.36. The second kappa shape index (κ2) is 4.68. The SMILES string of the molecule is [O-][n+]1ccc(-c2ccc3c(c2)ncn3-c2ccsc2)nc1. The first-order valence-corrected chi connectivity index (χ1v) is 7.30. The Kier molecular flexibility index (Phi) is 2.68. The first-order chi connectivity index (χ1) is 10.3. The molecule has 0 bridgehead atoms. The van der Waals surface area contributed by atoms with Gasteiger partial charge in [-0.2, -0.15) is 11.3 Å². The summed E-state index contributed by atoms with van der Waals surface area (Å²) in [5, 5.41) is 15.2. The van der Waals surface area contributed by atoms with Crippen molar-refractivity contribution in [1.29, 1.82) is 0 Å². The van der Waals surface area contributed by atoms with Gasteiger partial charge in [-0.1, -0.05) is 0 Å². The topological polar surface area (TPSA) is 57.6 Å². The zero-order chi connectivity index (χ0) is 14.2. The van der Waals surface area contributed by atoms with Gasteiger partial charge in [0.25, 0.3) is 6.33 Å². The van der Waals surface area contributed by atoms with E-state index in [0.717, 1.165) is 28.0 Å². The van der Waals surface area contributed by atoms with Gasteiger partial charge in [-0.05, 0) is 34.6 Å². The molecule has 0 N–H and O–H groups in total. The summed E-state index contributed by atoms with van der Waals surface area (Å²) in [7, 11) is 0. The molecule has 6 heteroatoms. The molecule has 0 aliphatic carbocycles. The quantitative estimate of drug-likeness (QED) is 0.422. The van der Waals surface area contributed by atoms with Gasteiger partial charge in [0, 0.05) is 17.0 Å². The molecule has 0 saturated carbocycles. The van der Waals surface area contributed by atoms with Crippen LogP contribution in [0.5, 0.6) is 0 Å². The van der Waals surface area contributed by atoms with Crippen LogP contribution in [0.2, 0.25) is 0 Å². The Bertz CT molecular complexity index is 897. The Hall–Kier alpha value is -2.73. The molecular weight excluding hydrogens is 284 g/mol. The number of thiophene rings is 1. The van der Waals surface area contributed by atoms with Crippen LogP contribution in [0.25, 0.3) is 28.0 Å². The Morgan fingerprint density at radius 1 is 1.14 bits per heavy atom. The van der Waals surface area contributed by atoms with Crippen molar-refractivity contribution in [3.05, 3.63) is 65.2 Å². The minimum Gasteiger partial charge on any atom is -0.711 e. The van der Waals surface area contributed by atoms with Crippen LogP contribution in [0.1, 0.15) is 0 Å². The second-order valence-electron chi connectivity index (χ2n) is 4.61. The van der Waals surface area contributed by atoms with E-state index in [1.165, 1.54) is 12.5 Å². The summed E-state index contributed by atoms with van der Waals surface area (Å²) >= 11 is 1.66. The van der Waals surface area contributed by atoms with Crippen LogP contribution in [-0.2, 0) is 0 Å². The van der Waals surface area contributed by atoms with Crippen molar-refractivity contribution in [2.45, 2.75) is 0 Å².